The van der Waals surface area contributed by atoms with Gasteiger partial charge >= 0.3 is 6.61 Å². The Hall–Kier alpha value is -1.20. The third kappa shape index (κ3) is 3.71. The highest BCUT2D eigenvalue weighted by molar-refractivity contribution is 5.29. The zero-order valence-corrected chi connectivity index (χ0v) is 12.1. The molecule has 1 saturated heterocycles. The van der Waals surface area contributed by atoms with Crippen LogP contribution in [0.5, 0.6) is 5.75 Å². The van der Waals surface area contributed by atoms with E-state index in [1.807, 2.05) is 12.1 Å². The van der Waals surface area contributed by atoms with Crippen molar-refractivity contribution in [3.63, 3.8) is 0 Å². The van der Waals surface area contributed by atoms with Crippen molar-refractivity contribution in [1.29, 1.82) is 0 Å². The fraction of sp³-hybridized carbons (Fsp3) is 0.625. The van der Waals surface area contributed by atoms with Gasteiger partial charge in [0.05, 0.1) is 6.10 Å². The van der Waals surface area contributed by atoms with Crippen LogP contribution in [0.1, 0.15) is 37.8 Å². The monoisotopic (exact) mass is 297 g/mol. The second kappa shape index (κ2) is 6.28. The molecule has 0 radical (unpaired) electrons. The zero-order valence-electron chi connectivity index (χ0n) is 12.1. The molecule has 21 heavy (non-hydrogen) atoms. The molecule has 1 aromatic carbocycles. The van der Waals surface area contributed by atoms with Gasteiger partial charge in [0.1, 0.15) is 5.75 Å². The Labute approximate surface area is 123 Å². The van der Waals surface area contributed by atoms with Gasteiger partial charge in [0.25, 0.3) is 0 Å². The van der Waals surface area contributed by atoms with Crippen molar-refractivity contribution in [2.24, 2.45) is 5.92 Å². The van der Waals surface area contributed by atoms with E-state index in [1.54, 1.807) is 12.1 Å². The average molecular weight is 297 g/mol. The summed E-state index contributed by atoms with van der Waals surface area (Å²) in [6, 6.07) is 7.39. The molecule has 0 amide bonds. The van der Waals surface area contributed by atoms with Crippen molar-refractivity contribution in [2.45, 2.75) is 51.0 Å². The molecule has 1 heterocycles. The van der Waals surface area contributed by atoms with Gasteiger partial charge in [-0.1, -0.05) is 12.1 Å². The molecule has 3 nitrogen and oxygen atoms in total. The smallest absolute Gasteiger partial charge is 0.387 e. The van der Waals surface area contributed by atoms with E-state index in [1.165, 1.54) is 12.8 Å². The highest BCUT2D eigenvalue weighted by Gasteiger charge is 2.40. The van der Waals surface area contributed by atoms with Gasteiger partial charge in [-0.25, -0.2) is 0 Å². The maximum atomic E-state index is 12.1. The van der Waals surface area contributed by atoms with Crippen LogP contribution >= 0.6 is 0 Å². The van der Waals surface area contributed by atoms with E-state index in [-0.39, 0.29) is 11.8 Å². The highest BCUT2D eigenvalue weighted by Crippen LogP contribution is 2.39. The SMILES string of the molecule is CC(NC1CCOC1C1CC1)c1ccc(OC(F)F)cc1. The van der Waals surface area contributed by atoms with Crippen molar-refractivity contribution in [3.05, 3.63) is 29.8 Å². The molecule has 1 saturated carbocycles. The van der Waals surface area contributed by atoms with Crippen molar-refractivity contribution >= 4 is 0 Å². The van der Waals surface area contributed by atoms with Gasteiger partial charge in [0.2, 0.25) is 0 Å². The van der Waals surface area contributed by atoms with Gasteiger partial charge < -0.3 is 14.8 Å². The van der Waals surface area contributed by atoms with E-state index >= 15 is 0 Å². The first kappa shape index (κ1) is 14.7. The van der Waals surface area contributed by atoms with Crippen molar-refractivity contribution in [1.82, 2.24) is 5.32 Å². The van der Waals surface area contributed by atoms with E-state index in [9.17, 15) is 8.78 Å². The predicted octanol–water partition coefficient (Wildman–Crippen LogP) is 3.51. The summed E-state index contributed by atoms with van der Waals surface area (Å²) < 4.78 is 34.4. The summed E-state index contributed by atoms with van der Waals surface area (Å²) in [5.41, 5.74) is 1.07. The fourth-order valence-corrected chi connectivity index (χ4v) is 3.03. The maximum absolute atomic E-state index is 12.1. The first-order valence-corrected chi connectivity index (χ1v) is 7.56. The molecule has 0 aromatic heterocycles. The van der Waals surface area contributed by atoms with E-state index in [2.05, 4.69) is 17.0 Å². The Bertz CT molecular complexity index is 462. The zero-order chi connectivity index (χ0) is 14.8. The molecule has 1 aromatic rings. The van der Waals surface area contributed by atoms with Crippen LogP contribution in [0, 0.1) is 5.92 Å². The fourth-order valence-electron chi connectivity index (χ4n) is 3.03. The van der Waals surface area contributed by atoms with E-state index < -0.39 is 6.61 Å². The van der Waals surface area contributed by atoms with Crippen molar-refractivity contribution in [3.8, 4) is 5.75 Å². The van der Waals surface area contributed by atoms with Gasteiger partial charge in [-0.2, -0.15) is 8.78 Å². The van der Waals surface area contributed by atoms with E-state index in [4.69, 9.17) is 4.74 Å². The first-order valence-electron chi connectivity index (χ1n) is 7.56. The van der Waals surface area contributed by atoms with Crippen LogP contribution in [-0.2, 0) is 4.74 Å². The second-order valence-electron chi connectivity index (χ2n) is 5.90. The second-order valence-corrected chi connectivity index (χ2v) is 5.90. The summed E-state index contributed by atoms with van der Waals surface area (Å²) >= 11 is 0. The summed E-state index contributed by atoms with van der Waals surface area (Å²) in [6.07, 6.45) is 3.93. The van der Waals surface area contributed by atoms with Gasteiger partial charge in [0, 0.05) is 18.7 Å². The van der Waals surface area contributed by atoms with Gasteiger partial charge in [0.15, 0.2) is 0 Å². The third-order valence-electron chi connectivity index (χ3n) is 4.29. The predicted molar refractivity (Wildman–Crippen MR) is 75.5 cm³/mol. The number of hydrogen-bond acceptors (Lipinski definition) is 3. The Balaban J connectivity index is 1.58. The molecule has 3 rings (SSSR count). The van der Waals surface area contributed by atoms with E-state index in [0.717, 1.165) is 24.5 Å². The number of alkyl halides is 2. The summed E-state index contributed by atoms with van der Waals surface area (Å²) in [5.74, 6) is 0.917. The highest BCUT2D eigenvalue weighted by atomic mass is 19.3. The minimum atomic E-state index is -2.78. The third-order valence-corrected chi connectivity index (χ3v) is 4.29. The molecule has 116 valence electrons. The molecule has 0 spiro atoms. The number of ether oxygens (including phenoxy) is 2. The van der Waals surface area contributed by atoms with Crippen LogP contribution in [0.4, 0.5) is 8.78 Å². The molecular formula is C16H21F2NO2. The molecular weight excluding hydrogens is 276 g/mol. The average Bonchev–Trinajstić information content (AvgIpc) is 3.19. The Morgan fingerprint density at radius 3 is 2.52 bits per heavy atom. The lowest BCUT2D eigenvalue weighted by Gasteiger charge is -2.24. The van der Waals surface area contributed by atoms with E-state index in [0.29, 0.717) is 12.1 Å². The van der Waals surface area contributed by atoms with Gasteiger partial charge in [-0.3, -0.25) is 0 Å². The largest absolute Gasteiger partial charge is 0.435 e. The normalized spacial score (nSPS) is 27.0. The van der Waals surface area contributed by atoms with Crippen LogP contribution in [0.15, 0.2) is 24.3 Å². The number of hydrogen-bond donors (Lipinski definition) is 1. The minimum absolute atomic E-state index is 0.165. The molecule has 3 atom stereocenters. The Morgan fingerprint density at radius 2 is 1.90 bits per heavy atom. The first-order chi connectivity index (χ1) is 10.1. The molecule has 1 aliphatic heterocycles. The minimum Gasteiger partial charge on any atom is -0.435 e. The lowest BCUT2D eigenvalue weighted by molar-refractivity contribution is -0.0498. The van der Waals surface area contributed by atoms with Crippen LogP contribution in [-0.4, -0.2) is 25.4 Å². The lowest BCUT2D eigenvalue weighted by Crippen LogP contribution is -2.39. The van der Waals surface area contributed by atoms with Gasteiger partial charge in [-0.15, -0.1) is 0 Å². The van der Waals surface area contributed by atoms with Crippen LogP contribution in [0.25, 0.3) is 0 Å². The van der Waals surface area contributed by atoms with Crippen LogP contribution in [0.2, 0.25) is 0 Å². The number of benzene rings is 1. The van der Waals surface area contributed by atoms with Gasteiger partial charge in [-0.05, 0) is 49.8 Å². The topological polar surface area (TPSA) is 30.5 Å². The quantitative estimate of drug-likeness (QED) is 0.871. The molecule has 1 aliphatic carbocycles. The molecule has 3 unspecified atom stereocenters. The summed E-state index contributed by atoms with van der Waals surface area (Å²) in [6.45, 7) is 0.138. The standard InChI is InChI=1S/C16H21F2NO2/c1-10(11-4-6-13(7-5-11)21-16(17)18)19-14-8-9-20-15(14)12-2-3-12/h4-7,10,12,14-16,19H,2-3,8-9H2,1H3. The maximum Gasteiger partial charge on any atom is 0.387 e. The van der Waals surface area contributed by atoms with Crippen molar-refractivity contribution in [2.75, 3.05) is 6.61 Å². The summed E-state index contributed by atoms with van der Waals surface area (Å²) in [7, 11) is 0. The molecule has 1 N–H and O–H groups in total. The lowest BCUT2D eigenvalue weighted by atomic mass is 10.0. The number of halogens is 2. The summed E-state index contributed by atoms with van der Waals surface area (Å²) in [5, 5.41) is 3.61. The Morgan fingerprint density at radius 1 is 1.19 bits per heavy atom. The molecule has 2 aliphatic rings. The van der Waals surface area contributed by atoms with Crippen molar-refractivity contribution < 1.29 is 18.3 Å². The number of rotatable bonds is 6. The molecule has 0 bridgehead atoms. The van der Waals surface area contributed by atoms with Crippen LogP contribution < -0.4 is 10.1 Å². The molecule has 5 heteroatoms. The van der Waals surface area contributed by atoms with Crippen LogP contribution in [0.3, 0.4) is 0 Å². The summed E-state index contributed by atoms with van der Waals surface area (Å²) in [4.78, 5) is 0. The Kier molecular flexibility index (Phi) is 4.40. The molecule has 2 fully saturated rings. The number of nitrogens with one attached hydrogen (secondary N) is 1.